The Labute approximate surface area is 351 Å². The molecule has 5 heteroatoms. The Morgan fingerprint density at radius 1 is 0.596 bits per heavy atom. The Bertz CT molecular complexity index is 2810. The summed E-state index contributed by atoms with van der Waals surface area (Å²) >= 11 is 0. The molecule has 0 saturated carbocycles. The Morgan fingerprint density at radius 3 is 1.96 bits per heavy atom. The molecule has 0 saturated heterocycles. The number of benzene rings is 6. The summed E-state index contributed by atoms with van der Waals surface area (Å²) in [7, 11) is 2.13. The van der Waals surface area contributed by atoms with E-state index in [1.54, 1.807) is 0 Å². The van der Waals surface area contributed by atoms with Crippen molar-refractivity contribution in [3.63, 3.8) is 0 Å². The van der Waals surface area contributed by atoms with E-state index in [0.29, 0.717) is 0 Å². The molecule has 2 aliphatic rings. The third-order valence-electron chi connectivity index (χ3n) is 12.0. The molecule has 57 heavy (non-hydrogen) atoms. The first-order valence-electron chi connectivity index (χ1n) is 19.6. The second-order valence-corrected chi connectivity index (χ2v) is 17.5. The van der Waals surface area contributed by atoms with Crippen LogP contribution in [-0.4, -0.2) is 16.6 Å². The number of nitrogens with zero attached hydrogens (tertiary/aromatic N) is 4. The molecule has 0 spiro atoms. The predicted molar refractivity (Wildman–Crippen MR) is 232 cm³/mol. The van der Waals surface area contributed by atoms with E-state index in [1.807, 2.05) is 6.20 Å². The standard InChI is InChI=1S/C52H45N4.Pt/c1-50(2,3)34-24-26-46-48(30-34)54(7)33-55(46)38-16-14-15-36(29-38)52(43-20-11-8-17-39(43)40-18-9-12-21-44(40)52)37-23-25-42-41-19-10-13-22-45(41)56(47(42)31-37)49-32-35(27-28-53-49)51(4,5)6;/h8-28,30,32-33H,1-7H3;/q-3;. The molecule has 1 aliphatic carbocycles. The van der Waals surface area contributed by atoms with Crippen molar-refractivity contribution in [2.45, 2.75) is 57.8 Å². The van der Waals surface area contributed by atoms with Crippen molar-refractivity contribution in [3.05, 3.63) is 192 Å². The van der Waals surface area contributed by atoms with E-state index in [2.05, 4.69) is 215 Å². The second kappa shape index (κ2) is 13.3. The second-order valence-electron chi connectivity index (χ2n) is 17.5. The molecule has 3 heterocycles. The Hall–Kier alpha value is -5.44. The molecule has 8 aromatic rings. The summed E-state index contributed by atoms with van der Waals surface area (Å²) in [5.74, 6) is 0.897. The molecule has 10 rings (SSSR count). The normalized spacial score (nSPS) is 14.4. The zero-order valence-electron chi connectivity index (χ0n) is 33.5. The van der Waals surface area contributed by atoms with Crippen LogP contribution in [0.1, 0.15) is 74.9 Å². The SMILES string of the molecule is CN1[CH-]N(c2[c-]c(C3(c4[c-]c5c(cc4)c4ccccc4n5-c4cc(C(C)(C)C)ccn4)c4ccccc4-c4ccccc43)ccc2)c2ccc(C(C)(C)C)cc21.[Pt]. The largest absolute Gasteiger partial charge is 0.504 e. The maximum Gasteiger partial charge on any atom is 0.135 e. The van der Waals surface area contributed by atoms with Gasteiger partial charge in [0.1, 0.15) is 5.82 Å². The number of aromatic nitrogens is 2. The molecule has 0 bridgehead atoms. The Kier molecular flexibility index (Phi) is 8.68. The van der Waals surface area contributed by atoms with Gasteiger partial charge in [0.15, 0.2) is 0 Å². The minimum Gasteiger partial charge on any atom is -0.504 e. The van der Waals surface area contributed by atoms with E-state index >= 15 is 0 Å². The quantitative estimate of drug-likeness (QED) is 0.164. The van der Waals surface area contributed by atoms with Crippen LogP contribution in [0.15, 0.2) is 140 Å². The number of hydrogen-bond acceptors (Lipinski definition) is 3. The zero-order valence-corrected chi connectivity index (χ0v) is 35.7. The van der Waals surface area contributed by atoms with Crippen LogP contribution in [0, 0.1) is 18.8 Å². The summed E-state index contributed by atoms with van der Waals surface area (Å²) in [6.07, 6.45) is 1.95. The third kappa shape index (κ3) is 5.63. The molecule has 6 aromatic carbocycles. The number of anilines is 3. The summed E-state index contributed by atoms with van der Waals surface area (Å²) in [6, 6.07) is 57.1. The number of hydrogen-bond donors (Lipinski definition) is 0. The van der Waals surface area contributed by atoms with Crippen LogP contribution in [0.3, 0.4) is 0 Å². The number of fused-ring (bicyclic) bond motifs is 7. The molecule has 0 amide bonds. The van der Waals surface area contributed by atoms with Crippen LogP contribution in [-0.2, 0) is 37.3 Å². The fraction of sp³-hybridized carbons (Fsp3) is 0.192. The maximum atomic E-state index is 4.99. The summed E-state index contributed by atoms with van der Waals surface area (Å²) in [5, 5.41) is 2.34. The van der Waals surface area contributed by atoms with Gasteiger partial charge >= 0.3 is 0 Å². The predicted octanol–water partition coefficient (Wildman–Crippen LogP) is 12.4. The molecule has 0 unspecified atom stereocenters. The van der Waals surface area contributed by atoms with Gasteiger partial charge < -0.3 is 14.4 Å². The van der Waals surface area contributed by atoms with Gasteiger partial charge in [-0.3, -0.25) is 0 Å². The minimum absolute atomic E-state index is 0. The molecule has 286 valence electrons. The van der Waals surface area contributed by atoms with Crippen molar-refractivity contribution in [2.75, 3.05) is 16.8 Å². The van der Waals surface area contributed by atoms with Crippen molar-refractivity contribution in [1.29, 1.82) is 0 Å². The molecule has 0 atom stereocenters. The zero-order chi connectivity index (χ0) is 38.6. The van der Waals surface area contributed by atoms with Gasteiger partial charge in [0.05, 0.1) is 0 Å². The van der Waals surface area contributed by atoms with Crippen LogP contribution in [0.25, 0.3) is 38.8 Å². The maximum absolute atomic E-state index is 4.99. The first kappa shape index (κ1) is 37.2. The van der Waals surface area contributed by atoms with Crippen LogP contribution >= 0.6 is 0 Å². The number of rotatable bonds is 4. The van der Waals surface area contributed by atoms with Gasteiger partial charge in [0, 0.05) is 49.6 Å². The number of pyridine rings is 1. The van der Waals surface area contributed by atoms with Crippen molar-refractivity contribution >= 4 is 38.9 Å². The van der Waals surface area contributed by atoms with E-state index in [0.717, 1.165) is 44.7 Å². The first-order valence-corrected chi connectivity index (χ1v) is 19.6. The molecular weight excluding hydrogens is 876 g/mol. The van der Waals surface area contributed by atoms with Crippen molar-refractivity contribution in [2.24, 2.45) is 0 Å². The minimum atomic E-state index is -0.691. The molecule has 0 fully saturated rings. The third-order valence-corrected chi connectivity index (χ3v) is 12.0. The van der Waals surface area contributed by atoms with Gasteiger partial charge in [0.2, 0.25) is 0 Å². The summed E-state index contributed by atoms with van der Waals surface area (Å²) in [5.41, 5.74) is 14.5. The Balaban J connectivity index is 0.00000422. The van der Waals surface area contributed by atoms with Gasteiger partial charge in [-0.15, -0.1) is 22.2 Å². The molecule has 1 aliphatic heterocycles. The molecule has 2 aromatic heterocycles. The first-order chi connectivity index (χ1) is 26.9. The van der Waals surface area contributed by atoms with Gasteiger partial charge in [-0.05, 0) is 87.0 Å². The van der Waals surface area contributed by atoms with E-state index in [1.165, 1.54) is 44.5 Å². The van der Waals surface area contributed by atoms with Gasteiger partial charge in [0.25, 0.3) is 0 Å². The molecule has 0 radical (unpaired) electrons. The van der Waals surface area contributed by atoms with Crippen LogP contribution in [0.2, 0.25) is 0 Å². The average molecular weight is 921 g/mol. The van der Waals surface area contributed by atoms with Crippen molar-refractivity contribution < 1.29 is 21.1 Å². The van der Waals surface area contributed by atoms with Crippen molar-refractivity contribution in [3.8, 4) is 16.9 Å². The van der Waals surface area contributed by atoms with Gasteiger partial charge in [-0.25, -0.2) is 4.98 Å². The monoisotopic (exact) mass is 920 g/mol. The summed E-state index contributed by atoms with van der Waals surface area (Å²) in [6.45, 7) is 15.8. The van der Waals surface area contributed by atoms with Crippen LogP contribution in [0.5, 0.6) is 0 Å². The fourth-order valence-corrected chi connectivity index (χ4v) is 9.10. The van der Waals surface area contributed by atoms with Crippen LogP contribution in [0.4, 0.5) is 17.1 Å². The van der Waals surface area contributed by atoms with Gasteiger partial charge in [-0.2, -0.15) is 49.1 Å². The average Bonchev–Trinajstić information content (AvgIpc) is 3.82. The van der Waals surface area contributed by atoms with E-state index < -0.39 is 5.41 Å². The summed E-state index contributed by atoms with van der Waals surface area (Å²) < 4.78 is 2.31. The summed E-state index contributed by atoms with van der Waals surface area (Å²) in [4.78, 5) is 9.50. The van der Waals surface area contributed by atoms with Crippen molar-refractivity contribution in [1.82, 2.24) is 9.55 Å². The van der Waals surface area contributed by atoms with E-state index in [4.69, 9.17) is 4.98 Å². The van der Waals surface area contributed by atoms with Gasteiger partial charge in [-0.1, -0.05) is 120 Å². The van der Waals surface area contributed by atoms with E-state index in [-0.39, 0.29) is 31.9 Å². The Morgan fingerprint density at radius 2 is 1.25 bits per heavy atom. The molecular formula is C52H45N4Pt-3. The van der Waals surface area contributed by atoms with E-state index in [9.17, 15) is 0 Å². The number of para-hydroxylation sites is 1. The molecule has 4 nitrogen and oxygen atoms in total. The smallest absolute Gasteiger partial charge is 0.135 e. The van der Waals surface area contributed by atoms with Crippen LogP contribution < -0.4 is 9.80 Å². The fourth-order valence-electron chi connectivity index (χ4n) is 9.10. The molecule has 0 N–H and O–H groups in total. The topological polar surface area (TPSA) is 24.3 Å².